The van der Waals surface area contributed by atoms with E-state index in [1.165, 1.54) is 0 Å². The minimum absolute atomic E-state index is 0.155. The highest BCUT2D eigenvalue weighted by Crippen LogP contribution is 2.39. The van der Waals surface area contributed by atoms with Crippen molar-refractivity contribution in [1.82, 2.24) is 10.3 Å². The molecule has 1 aliphatic heterocycles. The van der Waals surface area contributed by atoms with E-state index in [1.807, 2.05) is 27.7 Å². The molecule has 0 unspecified atom stereocenters. The molecule has 0 aromatic carbocycles. The van der Waals surface area contributed by atoms with Crippen LogP contribution in [0.15, 0.2) is 17.7 Å². The summed E-state index contributed by atoms with van der Waals surface area (Å²) in [5, 5.41) is 3.26. The molecule has 2 rings (SSSR count). The number of carbonyl (C=O) groups is 1. The zero-order valence-electron chi connectivity index (χ0n) is 17.4. The van der Waals surface area contributed by atoms with Gasteiger partial charge in [0.05, 0.1) is 16.2 Å². The zero-order valence-corrected chi connectivity index (χ0v) is 18.9. The molecule has 0 saturated carbocycles. The minimum atomic E-state index is -0.664. The summed E-state index contributed by atoms with van der Waals surface area (Å²) in [7, 11) is -0.664. The van der Waals surface area contributed by atoms with Crippen LogP contribution in [0.2, 0.25) is 10.2 Å². The van der Waals surface area contributed by atoms with Crippen molar-refractivity contribution >= 4 is 42.5 Å². The smallest absolute Gasteiger partial charge is 0.444 e. The number of amides is 1. The first-order valence-corrected chi connectivity index (χ1v) is 9.80. The average molecular weight is 429 g/mol. The molecule has 0 atom stereocenters. The molecule has 0 bridgehead atoms. The number of pyridine rings is 1. The summed E-state index contributed by atoms with van der Waals surface area (Å²) in [5.41, 5.74) is -0.323. The summed E-state index contributed by atoms with van der Waals surface area (Å²) < 4.78 is 17.6. The predicted molar refractivity (Wildman–Crippen MR) is 113 cm³/mol. The summed E-state index contributed by atoms with van der Waals surface area (Å²) in [6, 6.07) is 1.73. The van der Waals surface area contributed by atoms with Crippen LogP contribution in [0.5, 0.6) is 0 Å². The molecular weight excluding hydrogens is 402 g/mol. The van der Waals surface area contributed by atoms with E-state index in [1.54, 1.807) is 39.1 Å². The Bertz CT molecular complexity index is 760. The van der Waals surface area contributed by atoms with Gasteiger partial charge in [-0.2, -0.15) is 0 Å². The molecule has 9 heteroatoms. The zero-order chi connectivity index (χ0) is 21.3. The molecule has 28 heavy (non-hydrogen) atoms. The maximum atomic E-state index is 12.1. The SMILES string of the molecule is CC(C)(C)OC(=O)NCC(=Cc1ccnc(Cl)c1Cl)B1OC(C)(C)C(C)(C)O1. The average Bonchev–Trinajstić information content (AvgIpc) is 2.74. The predicted octanol–water partition coefficient (Wildman–Crippen LogP) is 4.93. The van der Waals surface area contributed by atoms with E-state index in [-0.39, 0.29) is 11.7 Å². The summed E-state index contributed by atoms with van der Waals surface area (Å²) in [4.78, 5) is 16.1. The van der Waals surface area contributed by atoms with Crippen LogP contribution in [0.4, 0.5) is 4.79 Å². The third-order valence-electron chi connectivity index (χ3n) is 4.61. The summed E-state index contributed by atoms with van der Waals surface area (Å²) >= 11 is 12.3. The topological polar surface area (TPSA) is 69.7 Å². The number of halogens is 2. The van der Waals surface area contributed by atoms with Gasteiger partial charge >= 0.3 is 13.2 Å². The van der Waals surface area contributed by atoms with Crippen molar-refractivity contribution in [2.75, 3.05) is 6.54 Å². The molecule has 6 nitrogen and oxygen atoms in total. The molecule has 1 fully saturated rings. The molecule has 1 aromatic heterocycles. The van der Waals surface area contributed by atoms with E-state index in [2.05, 4.69) is 10.3 Å². The number of alkyl carbamates (subject to hydrolysis) is 1. The second-order valence-electron chi connectivity index (χ2n) is 8.67. The largest absolute Gasteiger partial charge is 0.492 e. The van der Waals surface area contributed by atoms with Gasteiger partial charge in [0.15, 0.2) is 0 Å². The van der Waals surface area contributed by atoms with Gasteiger partial charge in [-0.05, 0) is 65.6 Å². The minimum Gasteiger partial charge on any atom is -0.444 e. The fourth-order valence-corrected chi connectivity index (χ4v) is 2.76. The van der Waals surface area contributed by atoms with Crippen LogP contribution < -0.4 is 5.32 Å². The molecule has 1 aromatic rings. The first kappa shape index (κ1) is 23.0. The van der Waals surface area contributed by atoms with Crippen LogP contribution in [0, 0.1) is 0 Å². The van der Waals surface area contributed by atoms with Gasteiger partial charge in [0, 0.05) is 12.7 Å². The lowest BCUT2D eigenvalue weighted by atomic mass is 9.77. The Kier molecular flexibility index (Phi) is 6.76. The van der Waals surface area contributed by atoms with E-state index in [0.29, 0.717) is 16.1 Å². The maximum Gasteiger partial charge on any atom is 0.492 e. The summed E-state index contributed by atoms with van der Waals surface area (Å²) in [5.74, 6) is 0. The number of ether oxygens (including phenoxy) is 1. The monoisotopic (exact) mass is 428 g/mol. The van der Waals surface area contributed by atoms with Crippen LogP contribution in [0.3, 0.4) is 0 Å². The Morgan fingerprint density at radius 1 is 1.25 bits per heavy atom. The van der Waals surface area contributed by atoms with Gasteiger partial charge in [0.2, 0.25) is 0 Å². The second-order valence-corrected chi connectivity index (χ2v) is 9.40. The normalized spacial score (nSPS) is 18.9. The third-order valence-corrected chi connectivity index (χ3v) is 5.39. The van der Waals surface area contributed by atoms with Gasteiger partial charge in [-0.1, -0.05) is 29.3 Å². The van der Waals surface area contributed by atoms with Crippen LogP contribution in [-0.2, 0) is 14.0 Å². The van der Waals surface area contributed by atoms with Crippen molar-refractivity contribution < 1.29 is 18.8 Å². The van der Waals surface area contributed by atoms with Crippen LogP contribution in [0.25, 0.3) is 6.08 Å². The van der Waals surface area contributed by atoms with E-state index >= 15 is 0 Å². The Morgan fingerprint density at radius 2 is 1.82 bits per heavy atom. The number of nitrogens with zero attached hydrogens (tertiary/aromatic N) is 1. The van der Waals surface area contributed by atoms with Crippen molar-refractivity contribution in [1.29, 1.82) is 0 Å². The first-order valence-electron chi connectivity index (χ1n) is 9.05. The number of rotatable bonds is 4. The van der Waals surface area contributed by atoms with Gasteiger partial charge < -0.3 is 19.4 Å². The van der Waals surface area contributed by atoms with E-state index in [0.717, 1.165) is 0 Å². The van der Waals surface area contributed by atoms with E-state index in [4.69, 9.17) is 37.2 Å². The number of nitrogens with one attached hydrogen (secondary N) is 1. The van der Waals surface area contributed by atoms with Crippen molar-refractivity contribution in [3.8, 4) is 0 Å². The van der Waals surface area contributed by atoms with Crippen LogP contribution in [0.1, 0.15) is 54.0 Å². The molecule has 154 valence electrons. The summed E-state index contributed by atoms with van der Waals surface area (Å²) in [6.45, 7) is 13.4. The molecule has 0 radical (unpaired) electrons. The van der Waals surface area contributed by atoms with Gasteiger partial charge in [-0.25, -0.2) is 9.78 Å². The van der Waals surface area contributed by atoms with E-state index < -0.39 is 30.0 Å². The number of carbonyl (C=O) groups excluding carboxylic acids is 1. The van der Waals surface area contributed by atoms with E-state index in [9.17, 15) is 4.79 Å². The fourth-order valence-electron chi connectivity index (χ4n) is 2.43. The molecule has 1 saturated heterocycles. The lowest BCUT2D eigenvalue weighted by molar-refractivity contribution is 0.00578. The van der Waals surface area contributed by atoms with Crippen molar-refractivity contribution in [3.63, 3.8) is 0 Å². The molecule has 0 spiro atoms. The van der Waals surface area contributed by atoms with Crippen LogP contribution in [-0.4, -0.2) is 41.5 Å². The first-order chi connectivity index (χ1) is 12.7. The van der Waals surface area contributed by atoms with Crippen LogP contribution >= 0.6 is 23.2 Å². The summed E-state index contributed by atoms with van der Waals surface area (Å²) in [6.07, 6.45) is 2.81. The highest BCUT2D eigenvalue weighted by Gasteiger charge is 2.52. The van der Waals surface area contributed by atoms with Gasteiger partial charge in [-0.3, -0.25) is 0 Å². The Hall–Kier alpha value is -1.28. The maximum absolute atomic E-state index is 12.1. The quantitative estimate of drug-likeness (QED) is 0.543. The van der Waals surface area contributed by atoms with Gasteiger partial charge in [0.1, 0.15) is 10.8 Å². The highest BCUT2D eigenvalue weighted by molar-refractivity contribution is 6.56. The molecule has 1 N–H and O–H groups in total. The Balaban J connectivity index is 2.30. The molecule has 1 aliphatic rings. The molecule has 2 heterocycles. The Labute approximate surface area is 177 Å². The fraction of sp³-hybridized carbons (Fsp3) is 0.579. The second kappa shape index (κ2) is 8.23. The molecule has 0 aliphatic carbocycles. The molecule has 1 amide bonds. The van der Waals surface area contributed by atoms with Crippen molar-refractivity contribution in [2.24, 2.45) is 0 Å². The lowest BCUT2D eigenvalue weighted by Crippen LogP contribution is -2.41. The third kappa shape index (κ3) is 5.63. The highest BCUT2D eigenvalue weighted by atomic mass is 35.5. The standard InChI is InChI=1S/C19H27BCl2N2O4/c1-17(2,3)26-16(25)24-11-13(10-12-8-9-23-15(22)14(12)21)20-27-18(4,5)19(6,7)28-20/h8-10H,11H2,1-7H3,(H,24,25). The van der Waals surface area contributed by atoms with Crippen molar-refractivity contribution in [3.05, 3.63) is 33.5 Å². The van der Waals surface area contributed by atoms with Gasteiger partial charge in [-0.15, -0.1) is 0 Å². The van der Waals surface area contributed by atoms with Crippen molar-refractivity contribution in [2.45, 2.75) is 65.3 Å². The Morgan fingerprint density at radius 3 is 2.36 bits per heavy atom. The number of aromatic nitrogens is 1. The molecular formula is C19H27BCl2N2O4. The number of hydrogen-bond acceptors (Lipinski definition) is 5. The lowest BCUT2D eigenvalue weighted by Gasteiger charge is -2.32. The number of hydrogen-bond donors (Lipinski definition) is 1. The van der Waals surface area contributed by atoms with Gasteiger partial charge in [0.25, 0.3) is 0 Å².